The van der Waals surface area contributed by atoms with Crippen molar-refractivity contribution < 1.29 is 24.4 Å². The maximum absolute atomic E-state index is 11.6. The molecular formula is C12H7BO5. The van der Waals surface area contributed by atoms with Gasteiger partial charge in [-0.25, -0.2) is 9.59 Å². The summed E-state index contributed by atoms with van der Waals surface area (Å²) < 4.78 is 4.60. The number of rotatable bonds is 1. The molecule has 0 amide bonds. The Bertz CT molecular complexity index is 672. The Hall–Kier alpha value is -2.18. The molecule has 0 saturated carbocycles. The first-order valence-corrected chi connectivity index (χ1v) is 5.28. The standard InChI is InChI=1S/C12H7BO5/c14-11-7-3-1-2-6-9(13(16)17)5-4-8(10(6)7)12(15)18-11/h1-5,16-17H. The van der Waals surface area contributed by atoms with E-state index in [0.717, 1.165) is 0 Å². The summed E-state index contributed by atoms with van der Waals surface area (Å²) in [7, 11) is -1.66. The van der Waals surface area contributed by atoms with Gasteiger partial charge in [0.1, 0.15) is 0 Å². The second kappa shape index (κ2) is 3.66. The predicted octanol–water partition coefficient (Wildman–Crippen LogP) is -0.170. The van der Waals surface area contributed by atoms with Crippen molar-refractivity contribution >= 4 is 35.3 Å². The van der Waals surface area contributed by atoms with Gasteiger partial charge >= 0.3 is 19.1 Å². The molecule has 1 aliphatic heterocycles. The average Bonchev–Trinajstić information content (AvgIpc) is 2.34. The van der Waals surface area contributed by atoms with Crippen molar-refractivity contribution in [2.75, 3.05) is 0 Å². The second-order valence-corrected chi connectivity index (χ2v) is 3.98. The van der Waals surface area contributed by atoms with Gasteiger partial charge in [-0.2, -0.15) is 0 Å². The van der Waals surface area contributed by atoms with Crippen molar-refractivity contribution in [1.29, 1.82) is 0 Å². The van der Waals surface area contributed by atoms with Crippen molar-refractivity contribution in [1.82, 2.24) is 0 Å². The van der Waals surface area contributed by atoms with Gasteiger partial charge in [0.2, 0.25) is 0 Å². The summed E-state index contributed by atoms with van der Waals surface area (Å²) in [5.41, 5.74) is 0.757. The molecule has 2 aromatic carbocycles. The van der Waals surface area contributed by atoms with Crippen LogP contribution in [0, 0.1) is 0 Å². The molecule has 0 radical (unpaired) electrons. The maximum Gasteiger partial charge on any atom is 0.489 e. The number of benzene rings is 2. The number of hydrogen-bond acceptors (Lipinski definition) is 5. The van der Waals surface area contributed by atoms with E-state index < -0.39 is 19.1 Å². The Morgan fingerprint density at radius 2 is 1.61 bits per heavy atom. The SMILES string of the molecule is O=C1OC(=O)c2ccc(B(O)O)c3cccc1c23. The van der Waals surface area contributed by atoms with E-state index in [1.54, 1.807) is 12.1 Å². The van der Waals surface area contributed by atoms with Gasteiger partial charge in [-0.1, -0.05) is 18.2 Å². The van der Waals surface area contributed by atoms with E-state index in [1.165, 1.54) is 18.2 Å². The fraction of sp³-hybridized carbons (Fsp3) is 0. The van der Waals surface area contributed by atoms with Gasteiger partial charge in [0.15, 0.2) is 0 Å². The molecule has 0 saturated heterocycles. The third-order valence-electron chi connectivity index (χ3n) is 2.98. The van der Waals surface area contributed by atoms with Crippen molar-refractivity contribution in [3.05, 3.63) is 41.5 Å². The first-order chi connectivity index (χ1) is 8.59. The zero-order valence-corrected chi connectivity index (χ0v) is 9.08. The van der Waals surface area contributed by atoms with Crippen molar-refractivity contribution in [3.8, 4) is 0 Å². The van der Waals surface area contributed by atoms with Crippen LogP contribution in [0.25, 0.3) is 10.8 Å². The summed E-state index contributed by atoms with van der Waals surface area (Å²) in [5.74, 6) is -1.44. The second-order valence-electron chi connectivity index (χ2n) is 3.98. The van der Waals surface area contributed by atoms with Gasteiger partial charge in [0.25, 0.3) is 0 Å². The number of cyclic esters (lactones) is 2. The Kier molecular flexibility index (Phi) is 2.23. The molecule has 6 heteroatoms. The van der Waals surface area contributed by atoms with E-state index in [-0.39, 0.29) is 16.6 Å². The third kappa shape index (κ3) is 1.36. The molecule has 0 aliphatic carbocycles. The first-order valence-electron chi connectivity index (χ1n) is 5.28. The van der Waals surface area contributed by atoms with Crippen LogP contribution in [0.2, 0.25) is 0 Å². The monoisotopic (exact) mass is 242 g/mol. The van der Waals surface area contributed by atoms with Crippen LogP contribution in [0.1, 0.15) is 20.7 Å². The number of carbonyl (C=O) groups excluding carboxylic acids is 2. The zero-order chi connectivity index (χ0) is 12.9. The highest BCUT2D eigenvalue weighted by atomic mass is 16.6. The van der Waals surface area contributed by atoms with Crippen LogP contribution < -0.4 is 5.46 Å². The lowest BCUT2D eigenvalue weighted by Crippen LogP contribution is -2.32. The van der Waals surface area contributed by atoms with Gasteiger partial charge in [-0.3, -0.25) is 0 Å². The molecule has 5 nitrogen and oxygen atoms in total. The van der Waals surface area contributed by atoms with E-state index >= 15 is 0 Å². The molecule has 1 aliphatic rings. The fourth-order valence-corrected chi connectivity index (χ4v) is 2.19. The summed E-state index contributed by atoms with van der Waals surface area (Å²) in [6.07, 6.45) is 0. The normalized spacial score (nSPS) is 13.7. The molecule has 2 N–H and O–H groups in total. The Labute approximate surface area is 102 Å². The molecular weight excluding hydrogens is 235 g/mol. The van der Waals surface area contributed by atoms with Crippen LogP contribution in [0.4, 0.5) is 0 Å². The van der Waals surface area contributed by atoms with E-state index in [9.17, 15) is 19.6 Å². The van der Waals surface area contributed by atoms with Gasteiger partial charge in [0.05, 0.1) is 11.1 Å². The van der Waals surface area contributed by atoms with Crippen molar-refractivity contribution in [3.63, 3.8) is 0 Å². The zero-order valence-electron chi connectivity index (χ0n) is 9.08. The molecule has 0 fully saturated rings. The largest absolute Gasteiger partial charge is 0.489 e. The molecule has 0 unspecified atom stereocenters. The van der Waals surface area contributed by atoms with Crippen LogP contribution in [0.15, 0.2) is 30.3 Å². The Morgan fingerprint density at radius 1 is 0.944 bits per heavy atom. The average molecular weight is 242 g/mol. The molecule has 1 heterocycles. The van der Waals surface area contributed by atoms with Crippen LogP contribution in [0.5, 0.6) is 0 Å². The quantitative estimate of drug-likeness (QED) is 0.412. The van der Waals surface area contributed by atoms with Crippen LogP contribution in [-0.2, 0) is 4.74 Å². The molecule has 0 aromatic heterocycles. The lowest BCUT2D eigenvalue weighted by atomic mass is 9.75. The minimum atomic E-state index is -1.66. The highest BCUT2D eigenvalue weighted by molar-refractivity contribution is 6.62. The summed E-state index contributed by atoms with van der Waals surface area (Å²) in [6, 6.07) is 7.63. The summed E-state index contributed by atoms with van der Waals surface area (Å²) in [5, 5.41) is 19.4. The fourth-order valence-electron chi connectivity index (χ4n) is 2.19. The molecule has 0 bridgehead atoms. The highest BCUT2D eigenvalue weighted by Crippen LogP contribution is 2.27. The summed E-state index contributed by atoms with van der Waals surface area (Å²) in [4.78, 5) is 23.2. The van der Waals surface area contributed by atoms with Gasteiger partial charge in [0, 0.05) is 5.39 Å². The summed E-state index contributed by atoms with van der Waals surface area (Å²) in [6.45, 7) is 0. The number of carbonyl (C=O) groups is 2. The molecule has 0 spiro atoms. The minimum Gasteiger partial charge on any atom is -0.423 e. The molecule has 3 rings (SSSR count). The predicted molar refractivity (Wildman–Crippen MR) is 63.5 cm³/mol. The minimum absolute atomic E-state index is 0.248. The highest BCUT2D eigenvalue weighted by Gasteiger charge is 2.29. The maximum atomic E-state index is 11.6. The van der Waals surface area contributed by atoms with E-state index in [2.05, 4.69) is 4.74 Å². The molecule has 18 heavy (non-hydrogen) atoms. The summed E-state index contributed by atoms with van der Waals surface area (Å²) >= 11 is 0. The topological polar surface area (TPSA) is 83.8 Å². The number of hydrogen-bond donors (Lipinski definition) is 2. The van der Waals surface area contributed by atoms with E-state index in [0.29, 0.717) is 10.8 Å². The van der Waals surface area contributed by atoms with Crippen LogP contribution in [-0.4, -0.2) is 29.1 Å². The van der Waals surface area contributed by atoms with Crippen molar-refractivity contribution in [2.45, 2.75) is 0 Å². The van der Waals surface area contributed by atoms with Gasteiger partial charge in [-0.15, -0.1) is 0 Å². The van der Waals surface area contributed by atoms with Gasteiger partial charge in [-0.05, 0) is 23.0 Å². The number of ether oxygens (including phenoxy) is 1. The molecule has 88 valence electrons. The number of esters is 2. The molecule has 2 aromatic rings. The van der Waals surface area contributed by atoms with Crippen LogP contribution in [0.3, 0.4) is 0 Å². The van der Waals surface area contributed by atoms with Crippen molar-refractivity contribution in [2.24, 2.45) is 0 Å². The van der Waals surface area contributed by atoms with E-state index in [1.807, 2.05) is 0 Å². The Balaban J connectivity index is 2.49. The van der Waals surface area contributed by atoms with E-state index in [4.69, 9.17) is 0 Å². The third-order valence-corrected chi connectivity index (χ3v) is 2.98. The van der Waals surface area contributed by atoms with Crippen LogP contribution >= 0.6 is 0 Å². The smallest absolute Gasteiger partial charge is 0.423 e. The lowest BCUT2D eigenvalue weighted by molar-refractivity contribution is 0.0391. The van der Waals surface area contributed by atoms with Gasteiger partial charge < -0.3 is 14.8 Å². The first kappa shape index (κ1) is 10.9. The Morgan fingerprint density at radius 3 is 2.28 bits per heavy atom. The lowest BCUT2D eigenvalue weighted by Gasteiger charge is -2.17. The molecule has 0 atom stereocenters.